The van der Waals surface area contributed by atoms with Gasteiger partial charge in [-0.15, -0.1) is 0 Å². The summed E-state index contributed by atoms with van der Waals surface area (Å²) >= 11 is 0. The van der Waals surface area contributed by atoms with Crippen LogP contribution in [-0.4, -0.2) is 30.9 Å². The molecular formula is C12H17NO2. The van der Waals surface area contributed by atoms with Gasteiger partial charge in [0, 0.05) is 6.04 Å². The number of methoxy groups -OCH3 is 1. The predicted octanol–water partition coefficient (Wildman–Crippen LogP) is 0.960. The normalized spacial score (nSPS) is 25.5. The predicted molar refractivity (Wildman–Crippen MR) is 59.1 cm³/mol. The average molecular weight is 207 g/mol. The van der Waals surface area contributed by atoms with Crippen LogP contribution < -0.4 is 10.1 Å². The van der Waals surface area contributed by atoms with Crippen molar-refractivity contribution in [3.05, 3.63) is 29.8 Å². The summed E-state index contributed by atoms with van der Waals surface area (Å²) in [5.41, 5.74) is 1.15. The van der Waals surface area contributed by atoms with Gasteiger partial charge in [0.2, 0.25) is 0 Å². The Morgan fingerprint density at radius 2 is 2.27 bits per heavy atom. The Bertz CT molecular complexity index is 327. The van der Waals surface area contributed by atoms with Crippen molar-refractivity contribution in [3.8, 4) is 5.75 Å². The highest BCUT2D eigenvalue weighted by molar-refractivity contribution is 5.34. The van der Waals surface area contributed by atoms with Crippen molar-refractivity contribution in [3.63, 3.8) is 0 Å². The highest BCUT2D eigenvalue weighted by atomic mass is 16.5. The molecule has 1 aliphatic heterocycles. The van der Waals surface area contributed by atoms with Crippen molar-refractivity contribution in [1.82, 2.24) is 5.32 Å². The summed E-state index contributed by atoms with van der Waals surface area (Å²) in [6.45, 7) is 0.904. The van der Waals surface area contributed by atoms with E-state index in [1.54, 1.807) is 7.11 Å². The van der Waals surface area contributed by atoms with E-state index < -0.39 is 0 Å². The Hall–Kier alpha value is -1.06. The Morgan fingerprint density at radius 3 is 2.93 bits per heavy atom. The molecule has 1 aliphatic rings. The van der Waals surface area contributed by atoms with E-state index in [0.29, 0.717) is 0 Å². The molecule has 82 valence electrons. The molecule has 3 heteroatoms. The number of hydrogen-bond donors (Lipinski definition) is 2. The summed E-state index contributed by atoms with van der Waals surface area (Å²) in [7, 11) is 1.68. The first-order chi connectivity index (χ1) is 7.31. The third-order valence-corrected chi connectivity index (χ3v) is 2.94. The molecule has 1 saturated heterocycles. The largest absolute Gasteiger partial charge is 0.496 e. The number of para-hydroxylation sites is 1. The average Bonchev–Trinajstić information content (AvgIpc) is 2.65. The quantitative estimate of drug-likeness (QED) is 0.775. The SMILES string of the molecule is COc1ccccc1CC1NCCC1O. The van der Waals surface area contributed by atoms with E-state index in [-0.39, 0.29) is 12.1 Å². The maximum Gasteiger partial charge on any atom is 0.122 e. The van der Waals surface area contributed by atoms with Gasteiger partial charge in [-0.25, -0.2) is 0 Å². The molecule has 1 fully saturated rings. The van der Waals surface area contributed by atoms with Crippen LogP contribution in [0.1, 0.15) is 12.0 Å². The van der Waals surface area contributed by atoms with Crippen LogP contribution in [0.4, 0.5) is 0 Å². The van der Waals surface area contributed by atoms with Crippen LogP contribution in [-0.2, 0) is 6.42 Å². The zero-order chi connectivity index (χ0) is 10.7. The number of benzene rings is 1. The van der Waals surface area contributed by atoms with Gasteiger partial charge < -0.3 is 15.2 Å². The molecule has 0 radical (unpaired) electrons. The van der Waals surface area contributed by atoms with Crippen LogP contribution in [0.25, 0.3) is 0 Å². The lowest BCUT2D eigenvalue weighted by Gasteiger charge is -2.16. The highest BCUT2D eigenvalue weighted by Gasteiger charge is 2.25. The Labute approximate surface area is 90.1 Å². The molecule has 1 aromatic carbocycles. The second-order valence-electron chi connectivity index (χ2n) is 3.93. The number of aliphatic hydroxyl groups excluding tert-OH is 1. The van der Waals surface area contributed by atoms with E-state index in [4.69, 9.17) is 4.74 Å². The van der Waals surface area contributed by atoms with E-state index in [1.807, 2.05) is 24.3 Å². The van der Waals surface area contributed by atoms with Gasteiger partial charge >= 0.3 is 0 Å². The second-order valence-corrected chi connectivity index (χ2v) is 3.93. The molecule has 0 aromatic heterocycles. The highest BCUT2D eigenvalue weighted by Crippen LogP contribution is 2.21. The Balaban J connectivity index is 2.09. The molecule has 2 rings (SSSR count). The van der Waals surface area contributed by atoms with Gasteiger partial charge in [-0.1, -0.05) is 18.2 Å². The van der Waals surface area contributed by atoms with Crippen molar-refractivity contribution in [2.45, 2.75) is 25.0 Å². The molecule has 1 aromatic rings. The summed E-state index contributed by atoms with van der Waals surface area (Å²) in [5, 5.41) is 13.0. The zero-order valence-corrected chi connectivity index (χ0v) is 8.94. The minimum Gasteiger partial charge on any atom is -0.496 e. The van der Waals surface area contributed by atoms with Crippen LogP contribution in [0.3, 0.4) is 0 Å². The molecule has 0 amide bonds. The zero-order valence-electron chi connectivity index (χ0n) is 8.94. The summed E-state index contributed by atoms with van der Waals surface area (Å²) in [5.74, 6) is 0.901. The van der Waals surface area contributed by atoms with Gasteiger partial charge in [0.1, 0.15) is 5.75 Å². The molecular weight excluding hydrogens is 190 g/mol. The van der Waals surface area contributed by atoms with Crippen LogP contribution in [0.2, 0.25) is 0 Å². The van der Waals surface area contributed by atoms with Crippen molar-refractivity contribution < 1.29 is 9.84 Å². The third-order valence-electron chi connectivity index (χ3n) is 2.94. The van der Waals surface area contributed by atoms with Gasteiger partial charge in [0.25, 0.3) is 0 Å². The molecule has 2 unspecified atom stereocenters. The molecule has 0 aliphatic carbocycles. The van der Waals surface area contributed by atoms with E-state index >= 15 is 0 Å². The maximum absolute atomic E-state index is 9.71. The third kappa shape index (κ3) is 2.30. The first kappa shape index (κ1) is 10.5. The van der Waals surface area contributed by atoms with E-state index in [1.165, 1.54) is 0 Å². The first-order valence-corrected chi connectivity index (χ1v) is 5.34. The van der Waals surface area contributed by atoms with Crippen molar-refractivity contribution >= 4 is 0 Å². The molecule has 0 bridgehead atoms. The Morgan fingerprint density at radius 1 is 1.47 bits per heavy atom. The van der Waals surface area contributed by atoms with Crippen LogP contribution in [0.15, 0.2) is 24.3 Å². The van der Waals surface area contributed by atoms with Crippen molar-refractivity contribution in [1.29, 1.82) is 0 Å². The molecule has 2 N–H and O–H groups in total. The second kappa shape index (κ2) is 4.64. The van der Waals surface area contributed by atoms with Crippen molar-refractivity contribution in [2.75, 3.05) is 13.7 Å². The number of rotatable bonds is 3. The number of nitrogens with one attached hydrogen (secondary N) is 1. The van der Waals surface area contributed by atoms with Crippen LogP contribution in [0, 0.1) is 0 Å². The van der Waals surface area contributed by atoms with E-state index in [2.05, 4.69) is 5.32 Å². The lowest BCUT2D eigenvalue weighted by atomic mass is 10.0. The smallest absolute Gasteiger partial charge is 0.122 e. The first-order valence-electron chi connectivity index (χ1n) is 5.34. The fourth-order valence-electron chi connectivity index (χ4n) is 2.07. The maximum atomic E-state index is 9.71. The topological polar surface area (TPSA) is 41.5 Å². The minimum atomic E-state index is -0.227. The number of aliphatic hydroxyl groups is 1. The van der Waals surface area contributed by atoms with Crippen LogP contribution in [0.5, 0.6) is 5.75 Å². The molecule has 2 atom stereocenters. The van der Waals surface area contributed by atoms with E-state index in [0.717, 1.165) is 30.7 Å². The van der Waals surface area contributed by atoms with Gasteiger partial charge in [0.05, 0.1) is 13.2 Å². The van der Waals surface area contributed by atoms with Gasteiger partial charge in [-0.2, -0.15) is 0 Å². The summed E-state index contributed by atoms with van der Waals surface area (Å²) < 4.78 is 5.28. The monoisotopic (exact) mass is 207 g/mol. The molecule has 15 heavy (non-hydrogen) atoms. The minimum absolute atomic E-state index is 0.168. The standard InChI is InChI=1S/C12H17NO2/c1-15-12-5-3-2-4-9(12)8-10-11(14)6-7-13-10/h2-5,10-11,13-14H,6-8H2,1H3. The number of ether oxygens (including phenoxy) is 1. The summed E-state index contributed by atoms with van der Waals surface area (Å²) in [4.78, 5) is 0. The fraction of sp³-hybridized carbons (Fsp3) is 0.500. The lowest BCUT2D eigenvalue weighted by Crippen LogP contribution is -2.32. The van der Waals surface area contributed by atoms with Crippen molar-refractivity contribution in [2.24, 2.45) is 0 Å². The molecule has 3 nitrogen and oxygen atoms in total. The van der Waals surface area contributed by atoms with Gasteiger partial charge in [-0.05, 0) is 31.0 Å². The fourth-order valence-corrected chi connectivity index (χ4v) is 2.07. The van der Waals surface area contributed by atoms with Gasteiger partial charge in [0.15, 0.2) is 0 Å². The van der Waals surface area contributed by atoms with Gasteiger partial charge in [-0.3, -0.25) is 0 Å². The Kier molecular flexibility index (Phi) is 3.23. The van der Waals surface area contributed by atoms with E-state index in [9.17, 15) is 5.11 Å². The molecule has 0 saturated carbocycles. The lowest BCUT2D eigenvalue weighted by molar-refractivity contribution is 0.159. The summed E-state index contributed by atoms with van der Waals surface area (Å²) in [6, 6.07) is 8.13. The molecule has 1 heterocycles. The number of hydrogen-bond acceptors (Lipinski definition) is 3. The summed E-state index contributed by atoms with van der Waals surface area (Å²) in [6.07, 6.45) is 1.44. The molecule has 0 spiro atoms. The van der Waals surface area contributed by atoms with Crippen LogP contribution >= 0.6 is 0 Å².